The summed E-state index contributed by atoms with van der Waals surface area (Å²) in [7, 11) is 0. The average molecular weight is 353 g/mol. The Morgan fingerprint density at radius 2 is 2.12 bits per heavy atom. The Kier molecular flexibility index (Phi) is 5.18. The zero-order valence-corrected chi connectivity index (χ0v) is 14.8. The number of carbonyl (C=O) groups is 2. The van der Waals surface area contributed by atoms with E-state index in [1.807, 2.05) is 13.0 Å². The van der Waals surface area contributed by atoms with Crippen molar-refractivity contribution in [3.63, 3.8) is 0 Å². The molecule has 25 heavy (non-hydrogen) atoms. The molecular weight excluding hydrogens is 326 g/mol. The fraction of sp³-hybridized carbons (Fsp3) is 0.778. The van der Waals surface area contributed by atoms with Gasteiger partial charge in [-0.2, -0.15) is 0 Å². The van der Waals surface area contributed by atoms with Crippen molar-refractivity contribution in [1.29, 1.82) is 0 Å². The molecule has 0 radical (unpaired) electrons. The van der Waals surface area contributed by atoms with Gasteiger partial charge in [0.05, 0.1) is 12.5 Å². The van der Waals surface area contributed by atoms with Crippen LogP contribution >= 0.6 is 0 Å². The number of carbonyl (C=O) groups excluding carboxylic acids is 2. The Morgan fingerprint density at radius 3 is 2.80 bits per heavy atom. The standard InChI is InChI=1S/C18H27NO6/c1-3-12-6-11(2)18(23,10-20)17(22)24-9-13-4-5-19-8-14(7-15(13)19)25-16(12)21/h4,11-12,14-15,20,23H,3,5-10H2,1-2H3/t11-,12-,14+,15+,18+/m1/s1. The van der Waals surface area contributed by atoms with E-state index < -0.39 is 30.0 Å². The van der Waals surface area contributed by atoms with E-state index in [4.69, 9.17) is 9.47 Å². The first-order chi connectivity index (χ1) is 11.9. The number of nitrogens with zero attached hydrogens (tertiary/aromatic N) is 1. The molecule has 0 spiro atoms. The van der Waals surface area contributed by atoms with Crippen molar-refractivity contribution < 1.29 is 29.3 Å². The van der Waals surface area contributed by atoms with Crippen LogP contribution in [0.4, 0.5) is 0 Å². The minimum absolute atomic E-state index is 0.0902. The molecule has 0 aromatic heterocycles. The molecule has 0 aromatic rings. The van der Waals surface area contributed by atoms with Gasteiger partial charge in [0.25, 0.3) is 0 Å². The monoisotopic (exact) mass is 353 g/mol. The van der Waals surface area contributed by atoms with Crippen molar-refractivity contribution in [2.75, 3.05) is 26.3 Å². The van der Waals surface area contributed by atoms with Crippen LogP contribution in [0.2, 0.25) is 0 Å². The van der Waals surface area contributed by atoms with Crippen LogP contribution in [0.15, 0.2) is 11.6 Å². The Labute approximate surface area is 147 Å². The molecule has 3 aliphatic heterocycles. The third-order valence-corrected chi connectivity index (χ3v) is 5.91. The second-order valence-corrected chi connectivity index (χ2v) is 7.44. The van der Waals surface area contributed by atoms with Crippen LogP contribution < -0.4 is 0 Å². The molecule has 0 aliphatic carbocycles. The molecule has 5 atom stereocenters. The van der Waals surface area contributed by atoms with Gasteiger partial charge in [0.1, 0.15) is 12.7 Å². The molecule has 0 saturated carbocycles. The normalized spacial score (nSPS) is 39.8. The van der Waals surface area contributed by atoms with Gasteiger partial charge in [-0.1, -0.05) is 19.9 Å². The highest BCUT2D eigenvalue weighted by molar-refractivity contribution is 5.80. The molecule has 2 bridgehead atoms. The van der Waals surface area contributed by atoms with E-state index in [1.54, 1.807) is 6.92 Å². The first-order valence-electron chi connectivity index (χ1n) is 9.03. The van der Waals surface area contributed by atoms with Gasteiger partial charge in [0.15, 0.2) is 5.60 Å². The van der Waals surface area contributed by atoms with Crippen LogP contribution in [0, 0.1) is 11.8 Å². The Hall–Kier alpha value is -1.44. The van der Waals surface area contributed by atoms with Gasteiger partial charge in [-0.3, -0.25) is 9.69 Å². The lowest BCUT2D eigenvalue weighted by molar-refractivity contribution is -0.178. The summed E-state index contributed by atoms with van der Waals surface area (Å²) in [5.74, 6) is -2.18. The molecular formula is C18H27NO6. The molecule has 2 fully saturated rings. The molecule has 2 N–H and O–H groups in total. The number of ether oxygens (including phenoxy) is 2. The van der Waals surface area contributed by atoms with Gasteiger partial charge >= 0.3 is 11.9 Å². The summed E-state index contributed by atoms with van der Waals surface area (Å²) in [6, 6.07) is 0.103. The summed E-state index contributed by atoms with van der Waals surface area (Å²) < 4.78 is 11.0. The first-order valence-corrected chi connectivity index (χ1v) is 9.03. The summed E-state index contributed by atoms with van der Waals surface area (Å²) in [4.78, 5) is 27.2. The van der Waals surface area contributed by atoms with Crippen LogP contribution in [0.5, 0.6) is 0 Å². The van der Waals surface area contributed by atoms with Gasteiger partial charge in [-0.15, -0.1) is 0 Å². The maximum absolute atomic E-state index is 12.6. The van der Waals surface area contributed by atoms with Crippen LogP contribution in [0.1, 0.15) is 33.1 Å². The van der Waals surface area contributed by atoms with Gasteiger partial charge in [0.2, 0.25) is 0 Å². The smallest absolute Gasteiger partial charge is 0.341 e. The molecule has 0 unspecified atom stereocenters. The number of hydrogen-bond donors (Lipinski definition) is 2. The Morgan fingerprint density at radius 1 is 1.36 bits per heavy atom. The highest BCUT2D eigenvalue weighted by atomic mass is 16.6. The predicted molar refractivity (Wildman–Crippen MR) is 88.5 cm³/mol. The predicted octanol–water partition coefficient (Wildman–Crippen LogP) is 0.245. The van der Waals surface area contributed by atoms with Crippen LogP contribution in [-0.4, -0.2) is 71.1 Å². The van der Waals surface area contributed by atoms with E-state index in [2.05, 4.69) is 4.90 Å². The number of aliphatic hydroxyl groups excluding tert-OH is 1. The number of hydrogen-bond acceptors (Lipinski definition) is 7. The molecule has 3 rings (SSSR count). The zero-order valence-electron chi connectivity index (χ0n) is 14.8. The van der Waals surface area contributed by atoms with E-state index in [9.17, 15) is 19.8 Å². The second kappa shape index (κ2) is 7.05. The highest BCUT2D eigenvalue weighted by Gasteiger charge is 2.46. The van der Waals surface area contributed by atoms with Crippen LogP contribution in [0.25, 0.3) is 0 Å². The van der Waals surface area contributed by atoms with Crippen molar-refractivity contribution in [3.05, 3.63) is 11.6 Å². The van der Waals surface area contributed by atoms with E-state index in [0.717, 1.165) is 12.1 Å². The summed E-state index contributed by atoms with van der Waals surface area (Å²) >= 11 is 0. The zero-order chi connectivity index (χ0) is 18.2. The lowest BCUT2D eigenvalue weighted by Crippen LogP contribution is -2.50. The maximum atomic E-state index is 12.6. The lowest BCUT2D eigenvalue weighted by Gasteiger charge is -2.32. The minimum atomic E-state index is -2.01. The van der Waals surface area contributed by atoms with Gasteiger partial charge < -0.3 is 19.7 Å². The number of aliphatic hydroxyl groups is 2. The molecule has 7 heteroatoms. The van der Waals surface area contributed by atoms with Gasteiger partial charge in [0, 0.05) is 25.6 Å². The van der Waals surface area contributed by atoms with Gasteiger partial charge in [-0.25, -0.2) is 4.79 Å². The number of rotatable bonds is 2. The quantitative estimate of drug-likeness (QED) is 0.542. The van der Waals surface area contributed by atoms with Crippen molar-refractivity contribution in [3.8, 4) is 0 Å². The van der Waals surface area contributed by atoms with E-state index in [1.165, 1.54) is 0 Å². The number of esters is 2. The number of fused-ring (bicyclic) bond motifs is 1. The summed E-state index contributed by atoms with van der Waals surface area (Å²) in [5, 5.41) is 20.3. The molecule has 7 nitrogen and oxygen atoms in total. The highest BCUT2D eigenvalue weighted by Crippen LogP contribution is 2.34. The Balaban J connectivity index is 1.87. The summed E-state index contributed by atoms with van der Waals surface area (Å²) in [6.45, 7) is 4.31. The second-order valence-electron chi connectivity index (χ2n) is 7.44. The third kappa shape index (κ3) is 3.32. The van der Waals surface area contributed by atoms with Crippen molar-refractivity contribution in [2.24, 2.45) is 11.8 Å². The fourth-order valence-corrected chi connectivity index (χ4v) is 4.07. The van der Waals surface area contributed by atoms with Crippen molar-refractivity contribution >= 4 is 11.9 Å². The van der Waals surface area contributed by atoms with E-state index >= 15 is 0 Å². The Bertz CT molecular complexity index is 576. The van der Waals surface area contributed by atoms with Gasteiger partial charge in [-0.05, 0) is 24.3 Å². The first kappa shape index (κ1) is 18.4. The average Bonchev–Trinajstić information content (AvgIpc) is 3.15. The largest absolute Gasteiger partial charge is 0.461 e. The van der Waals surface area contributed by atoms with Crippen molar-refractivity contribution in [2.45, 2.75) is 50.9 Å². The maximum Gasteiger partial charge on any atom is 0.341 e. The summed E-state index contributed by atoms with van der Waals surface area (Å²) in [5.41, 5.74) is -1.05. The SMILES string of the molecule is CC[C@@H]1C[C@@H](C)[C@@](O)(CO)C(=O)OCC2=CCN3C[C@H](C[C@@H]23)OC1=O. The van der Waals surface area contributed by atoms with Crippen molar-refractivity contribution in [1.82, 2.24) is 4.90 Å². The van der Waals surface area contributed by atoms with Crippen LogP contribution in [0.3, 0.4) is 0 Å². The molecule has 2 saturated heterocycles. The minimum Gasteiger partial charge on any atom is -0.461 e. The van der Waals surface area contributed by atoms with E-state index in [-0.39, 0.29) is 31.1 Å². The molecule has 0 aromatic carbocycles. The summed E-state index contributed by atoms with van der Waals surface area (Å²) in [6.07, 6.45) is 3.37. The fourth-order valence-electron chi connectivity index (χ4n) is 4.07. The topological polar surface area (TPSA) is 96.3 Å². The van der Waals surface area contributed by atoms with E-state index in [0.29, 0.717) is 19.4 Å². The molecule has 140 valence electrons. The molecule has 0 amide bonds. The third-order valence-electron chi connectivity index (χ3n) is 5.91. The molecule has 3 aliphatic rings. The lowest BCUT2D eigenvalue weighted by atomic mass is 9.81. The van der Waals surface area contributed by atoms with Crippen LogP contribution in [-0.2, 0) is 19.1 Å². The number of cyclic esters (lactones) is 1. The molecule has 3 heterocycles.